The lowest BCUT2D eigenvalue weighted by molar-refractivity contribution is 0.102. The zero-order valence-electron chi connectivity index (χ0n) is 17.3. The van der Waals surface area contributed by atoms with Crippen molar-refractivity contribution in [2.45, 2.75) is 26.7 Å². The van der Waals surface area contributed by atoms with Crippen LogP contribution >= 0.6 is 11.7 Å². The van der Waals surface area contributed by atoms with E-state index in [4.69, 9.17) is 0 Å². The molecule has 0 saturated heterocycles. The van der Waals surface area contributed by atoms with E-state index in [1.807, 2.05) is 31.2 Å². The molecule has 0 saturated carbocycles. The van der Waals surface area contributed by atoms with Gasteiger partial charge in [0.1, 0.15) is 22.1 Å². The van der Waals surface area contributed by atoms with Gasteiger partial charge in [-0.1, -0.05) is 26.0 Å². The molecular weight excluding hydrogens is 408 g/mol. The number of nitrogens with zero attached hydrogens (tertiary/aromatic N) is 5. The third-order valence-electron chi connectivity index (χ3n) is 5.28. The minimum absolute atomic E-state index is 0.200. The van der Waals surface area contributed by atoms with Crippen molar-refractivity contribution < 1.29 is 4.79 Å². The van der Waals surface area contributed by atoms with E-state index in [0.717, 1.165) is 39.5 Å². The number of carbonyl (C=O) groups excluding carboxylic acids is 1. The highest BCUT2D eigenvalue weighted by Gasteiger charge is 2.13. The largest absolute Gasteiger partial charge is 0.322 e. The number of benzene rings is 3. The molecule has 5 rings (SSSR count). The fourth-order valence-corrected chi connectivity index (χ4v) is 3.95. The first-order valence-electron chi connectivity index (χ1n) is 9.99. The maximum absolute atomic E-state index is 12.8. The number of nitrogens with one attached hydrogen (secondary N) is 1. The van der Waals surface area contributed by atoms with E-state index in [-0.39, 0.29) is 5.91 Å². The zero-order valence-corrected chi connectivity index (χ0v) is 18.1. The minimum atomic E-state index is -0.200. The number of hydrogen-bond acceptors (Lipinski definition) is 6. The first-order chi connectivity index (χ1) is 15.0. The smallest absolute Gasteiger partial charge is 0.255 e. The summed E-state index contributed by atoms with van der Waals surface area (Å²) in [5.74, 6) is 0.272. The maximum Gasteiger partial charge on any atom is 0.255 e. The summed E-state index contributed by atoms with van der Waals surface area (Å²) in [6, 6.07) is 17.3. The Morgan fingerprint density at radius 1 is 0.903 bits per heavy atom. The molecule has 0 aliphatic carbocycles. The predicted molar refractivity (Wildman–Crippen MR) is 123 cm³/mol. The van der Waals surface area contributed by atoms with E-state index in [2.05, 4.69) is 50.2 Å². The summed E-state index contributed by atoms with van der Waals surface area (Å²) in [4.78, 5) is 14.4. The molecule has 1 N–H and O–H groups in total. The zero-order chi connectivity index (χ0) is 21.5. The topological polar surface area (TPSA) is 85.6 Å². The van der Waals surface area contributed by atoms with E-state index in [1.54, 1.807) is 23.0 Å². The molecule has 0 spiro atoms. The lowest BCUT2D eigenvalue weighted by Gasteiger charge is -2.08. The molecule has 0 fully saturated rings. The van der Waals surface area contributed by atoms with E-state index in [1.165, 1.54) is 5.56 Å². The number of rotatable bonds is 4. The Labute approximate surface area is 183 Å². The number of fused-ring (bicyclic) bond motifs is 2. The Kier molecular flexibility index (Phi) is 4.71. The van der Waals surface area contributed by atoms with Crippen molar-refractivity contribution in [2.24, 2.45) is 0 Å². The fraction of sp³-hybridized carbons (Fsp3) is 0.174. The van der Waals surface area contributed by atoms with E-state index in [9.17, 15) is 4.79 Å². The van der Waals surface area contributed by atoms with E-state index >= 15 is 0 Å². The maximum atomic E-state index is 12.8. The van der Waals surface area contributed by atoms with Crippen LogP contribution in [0.1, 0.15) is 41.3 Å². The van der Waals surface area contributed by atoms with Gasteiger partial charge in [-0.3, -0.25) is 4.79 Å². The van der Waals surface area contributed by atoms with Crippen LogP contribution in [0.4, 0.5) is 5.69 Å². The molecule has 0 unspecified atom stereocenters. The Hall–Kier alpha value is -3.65. The molecule has 31 heavy (non-hydrogen) atoms. The van der Waals surface area contributed by atoms with Crippen LogP contribution < -0.4 is 5.32 Å². The van der Waals surface area contributed by atoms with Gasteiger partial charge in [-0.15, -0.1) is 10.2 Å². The Morgan fingerprint density at radius 2 is 1.61 bits per heavy atom. The van der Waals surface area contributed by atoms with Gasteiger partial charge < -0.3 is 5.32 Å². The number of amides is 1. The van der Waals surface area contributed by atoms with Gasteiger partial charge in [-0.2, -0.15) is 13.5 Å². The second-order valence-corrected chi connectivity index (χ2v) is 8.34. The molecule has 0 radical (unpaired) electrons. The Morgan fingerprint density at radius 3 is 2.35 bits per heavy atom. The highest BCUT2D eigenvalue weighted by molar-refractivity contribution is 7.00. The third kappa shape index (κ3) is 3.66. The Bertz CT molecular complexity index is 1420. The highest BCUT2D eigenvalue weighted by Crippen LogP contribution is 2.24. The lowest BCUT2D eigenvalue weighted by atomic mass is 10.0. The third-order valence-corrected chi connectivity index (χ3v) is 5.84. The van der Waals surface area contributed by atoms with Crippen LogP contribution in [0.3, 0.4) is 0 Å². The number of aromatic nitrogens is 5. The molecule has 2 aromatic heterocycles. The normalized spacial score (nSPS) is 11.5. The fourth-order valence-electron chi connectivity index (χ4n) is 3.43. The average Bonchev–Trinajstić information content (AvgIpc) is 3.40. The summed E-state index contributed by atoms with van der Waals surface area (Å²) in [5, 5.41) is 12.2. The van der Waals surface area contributed by atoms with Gasteiger partial charge in [0, 0.05) is 11.3 Å². The number of anilines is 1. The number of carbonyl (C=O) groups is 1. The van der Waals surface area contributed by atoms with E-state index < -0.39 is 0 Å². The van der Waals surface area contributed by atoms with Gasteiger partial charge in [0.05, 0.1) is 17.4 Å². The molecule has 0 aliphatic rings. The average molecular weight is 429 g/mol. The second-order valence-electron chi connectivity index (χ2n) is 7.81. The van der Waals surface area contributed by atoms with Gasteiger partial charge in [0.25, 0.3) is 5.91 Å². The standard InChI is InChI=1S/C23H20N6OS/c1-13(2)15-4-7-17(8-5-15)29-25-20-10-14(3)19(12-21(20)26-29)24-23(30)16-6-9-18-22(11-16)28-31-27-18/h4-13H,1-3H3,(H,24,30). The van der Waals surface area contributed by atoms with Gasteiger partial charge in [-0.25, -0.2) is 0 Å². The van der Waals surface area contributed by atoms with Crippen LogP contribution in [0.2, 0.25) is 0 Å². The van der Waals surface area contributed by atoms with Crippen molar-refractivity contribution in [3.05, 3.63) is 71.3 Å². The van der Waals surface area contributed by atoms with Crippen molar-refractivity contribution in [2.75, 3.05) is 5.32 Å². The molecule has 2 heterocycles. The van der Waals surface area contributed by atoms with Crippen molar-refractivity contribution >= 4 is 45.4 Å². The van der Waals surface area contributed by atoms with Gasteiger partial charge in [-0.05, 0) is 66.4 Å². The predicted octanol–water partition coefficient (Wildman–Crippen LogP) is 5.11. The summed E-state index contributed by atoms with van der Waals surface area (Å²) in [5.41, 5.74) is 7.33. The molecule has 5 aromatic rings. The molecule has 7 nitrogen and oxygen atoms in total. The summed E-state index contributed by atoms with van der Waals surface area (Å²) >= 11 is 1.13. The summed E-state index contributed by atoms with van der Waals surface area (Å²) in [6.45, 7) is 6.28. The quantitative estimate of drug-likeness (QED) is 0.430. The van der Waals surface area contributed by atoms with Crippen LogP contribution in [-0.2, 0) is 0 Å². The number of hydrogen-bond donors (Lipinski definition) is 1. The molecule has 3 aromatic carbocycles. The monoisotopic (exact) mass is 428 g/mol. The first-order valence-corrected chi connectivity index (χ1v) is 10.7. The molecule has 154 valence electrons. The minimum Gasteiger partial charge on any atom is -0.322 e. The SMILES string of the molecule is Cc1cc2nn(-c3ccc(C(C)C)cc3)nc2cc1NC(=O)c1ccc2nsnc2c1. The van der Waals surface area contributed by atoms with Crippen LogP contribution in [-0.4, -0.2) is 29.6 Å². The summed E-state index contributed by atoms with van der Waals surface area (Å²) in [6.07, 6.45) is 0. The highest BCUT2D eigenvalue weighted by atomic mass is 32.1. The molecule has 0 atom stereocenters. The van der Waals surface area contributed by atoms with Gasteiger partial charge in [0.15, 0.2) is 0 Å². The molecule has 0 bridgehead atoms. The Balaban J connectivity index is 1.44. The van der Waals surface area contributed by atoms with Crippen LogP contribution in [0.25, 0.3) is 27.8 Å². The van der Waals surface area contributed by atoms with Gasteiger partial charge in [0.2, 0.25) is 0 Å². The van der Waals surface area contributed by atoms with Crippen LogP contribution in [0, 0.1) is 6.92 Å². The summed E-state index contributed by atoms with van der Waals surface area (Å²) < 4.78 is 8.38. The van der Waals surface area contributed by atoms with E-state index in [0.29, 0.717) is 22.7 Å². The second kappa shape index (κ2) is 7.55. The van der Waals surface area contributed by atoms with Gasteiger partial charge >= 0.3 is 0 Å². The van der Waals surface area contributed by atoms with Crippen molar-refractivity contribution in [1.29, 1.82) is 0 Å². The molecule has 0 aliphatic heterocycles. The van der Waals surface area contributed by atoms with Crippen molar-refractivity contribution in [3.63, 3.8) is 0 Å². The van der Waals surface area contributed by atoms with Crippen molar-refractivity contribution in [3.8, 4) is 5.69 Å². The first kappa shape index (κ1) is 19.3. The molecule has 1 amide bonds. The van der Waals surface area contributed by atoms with Crippen LogP contribution in [0.15, 0.2) is 54.6 Å². The lowest BCUT2D eigenvalue weighted by Crippen LogP contribution is -2.12. The molecular formula is C23H20N6OS. The van der Waals surface area contributed by atoms with Crippen LogP contribution in [0.5, 0.6) is 0 Å². The van der Waals surface area contributed by atoms with Crippen molar-refractivity contribution in [1.82, 2.24) is 23.7 Å². The molecule has 8 heteroatoms. The summed E-state index contributed by atoms with van der Waals surface area (Å²) in [7, 11) is 0. The number of aryl methyl sites for hydroxylation is 1.